The molecule has 1 heterocycles. The normalized spacial score (nSPS) is 12.2. The summed E-state index contributed by atoms with van der Waals surface area (Å²) >= 11 is 0. The SMILES string of the molecule is Cc1n[nH]c(C)c1C(=O)NCC(C)c1ccccc1. The molecule has 0 fully saturated rings. The van der Waals surface area contributed by atoms with Crippen molar-refractivity contribution in [2.75, 3.05) is 6.54 Å². The standard InChI is InChI=1S/C15H19N3O/c1-10(13-7-5-4-6-8-13)9-16-15(19)14-11(2)17-18-12(14)3/h4-8,10H,9H2,1-3H3,(H,16,19)(H,17,18). The van der Waals surface area contributed by atoms with Crippen LogP contribution in [0, 0.1) is 13.8 Å². The molecule has 0 saturated heterocycles. The van der Waals surface area contributed by atoms with Gasteiger partial charge >= 0.3 is 0 Å². The topological polar surface area (TPSA) is 57.8 Å². The van der Waals surface area contributed by atoms with Gasteiger partial charge in [-0.3, -0.25) is 9.89 Å². The van der Waals surface area contributed by atoms with Crippen LogP contribution in [0.15, 0.2) is 30.3 Å². The number of hydrogen-bond donors (Lipinski definition) is 2. The number of hydrogen-bond acceptors (Lipinski definition) is 2. The molecule has 2 rings (SSSR count). The van der Waals surface area contributed by atoms with Crippen molar-refractivity contribution in [3.8, 4) is 0 Å². The Morgan fingerprint density at radius 1 is 1.32 bits per heavy atom. The Balaban J connectivity index is 1.98. The second kappa shape index (κ2) is 5.69. The number of nitrogens with one attached hydrogen (secondary N) is 2. The van der Waals surface area contributed by atoms with Crippen molar-refractivity contribution < 1.29 is 4.79 Å². The maximum Gasteiger partial charge on any atom is 0.255 e. The van der Waals surface area contributed by atoms with Crippen molar-refractivity contribution in [2.45, 2.75) is 26.7 Å². The second-order valence-electron chi connectivity index (χ2n) is 4.83. The van der Waals surface area contributed by atoms with Gasteiger partial charge in [0, 0.05) is 12.2 Å². The molecule has 0 aliphatic rings. The van der Waals surface area contributed by atoms with Crippen molar-refractivity contribution in [3.05, 3.63) is 52.8 Å². The molecule has 1 aromatic heterocycles. The lowest BCUT2D eigenvalue weighted by Crippen LogP contribution is -2.28. The molecule has 1 aromatic carbocycles. The van der Waals surface area contributed by atoms with E-state index in [1.165, 1.54) is 5.56 Å². The maximum atomic E-state index is 12.1. The van der Waals surface area contributed by atoms with Crippen LogP contribution in [-0.4, -0.2) is 22.6 Å². The molecule has 4 nitrogen and oxygen atoms in total. The number of carbonyl (C=O) groups excluding carboxylic acids is 1. The second-order valence-corrected chi connectivity index (χ2v) is 4.83. The van der Waals surface area contributed by atoms with E-state index in [1.54, 1.807) is 0 Å². The highest BCUT2D eigenvalue weighted by atomic mass is 16.1. The maximum absolute atomic E-state index is 12.1. The zero-order valence-electron chi connectivity index (χ0n) is 11.5. The minimum absolute atomic E-state index is 0.0634. The van der Waals surface area contributed by atoms with Gasteiger partial charge in [-0.25, -0.2) is 0 Å². The predicted octanol–water partition coefficient (Wildman–Crippen LogP) is 2.56. The molecule has 19 heavy (non-hydrogen) atoms. The summed E-state index contributed by atoms with van der Waals surface area (Å²) in [7, 11) is 0. The van der Waals surface area contributed by atoms with Crippen LogP contribution in [0.5, 0.6) is 0 Å². The molecular weight excluding hydrogens is 238 g/mol. The fourth-order valence-electron chi connectivity index (χ4n) is 2.12. The van der Waals surface area contributed by atoms with Crippen LogP contribution in [0.4, 0.5) is 0 Å². The van der Waals surface area contributed by atoms with Crippen LogP contribution in [0.3, 0.4) is 0 Å². The van der Waals surface area contributed by atoms with E-state index >= 15 is 0 Å². The lowest BCUT2D eigenvalue weighted by molar-refractivity contribution is 0.0950. The molecular formula is C15H19N3O. The van der Waals surface area contributed by atoms with Crippen LogP contribution < -0.4 is 5.32 Å². The Hall–Kier alpha value is -2.10. The highest BCUT2D eigenvalue weighted by molar-refractivity contribution is 5.96. The van der Waals surface area contributed by atoms with Gasteiger partial charge < -0.3 is 5.32 Å². The van der Waals surface area contributed by atoms with E-state index in [9.17, 15) is 4.79 Å². The predicted molar refractivity (Wildman–Crippen MR) is 75.3 cm³/mol. The summed E-state index contributed by atoms with van der Waals surface area (Å²) in [6.45, 7) is 6.41. The average molecular weight is 257 g/mol. The van der Waals surface area contributed by atoms with E-state index in [4.69, 9.17) is 0 Å². The van der Waals surface area contributed by atoms with E-state index in [-0.39, 0.29) is 11.8 Å². The lowest BCUT2D eigenvalue weighted by Gasteiger charge is -2.13. The van der Waals surface area contributed by atoms with E-state index in [1.807, 2.05) is 32.0 Å². The summed E-state index contributed by atoms with van der Waals surface area (Å²) in [5.74, 6) is 0.226. The van der Waals surface area contributed by atoms with Crippen LogP contribution >= 0.6 is 0 Å². The molecule has 1 amide bonds. The largest absolute Gasteiger partial charge is 0.351 e. The molecule has 0 aliphatic carbocycles. The Bertz CT molecular complexity index is 541. The zero-order chi connectivity index (χ0) is 13.8. The highest BCUT2D eigenvalue weighted by Crippen LogP contribution is 2.14. The number of nitrogens with zero attached hydrogens (tertiary/aromatic N) is 1. The molecule has 0 bridgehead atoms. The summed E-state index contributed by atoms with van der Waals surface area (Å²) in [5, 5.41) is 9.83. The minimum atomic E-state index is -0.0634. The summed E-state index contributed by atoms with van der Waals surface area (Å²) in [6, 6.07) is 10.2. The number of benzene rings is 1. The number of carbonyl (C=O) groups is 1. The van der Waals surface area contributed by atoms with Gasteiger partial charge in [-0.05, 0) is 25.3 Å². The molecule has 1 unspecified atom stereocenters. The Morgan fingerprint density at radius 2 is 2.00 bits per heavy atom. The van der Waals surface area contributed by atoms with Crippen LogP contribution in [0.2, 0.25) is 0 Å². The first-order valence-electron chi connectivity index (χ1n) is 6.44. The van der Waals surface area contributed by atoms with Crippen LogP contribution in [0.25, 0.3) is 0 Å². The minimum Gasteiger partial charge on any atom is -0.351 e. The van der Waals surface area contributed by atoms with Crippen LogP contribution in [0.1, 0.15) is 40.2 Å². The quantitative estimate of drug-likeness (QED) is 0.884. The van der Waals surface area contributed by atoms with Gasteiger partial charge in [0.15, 0.2) is 0 Å². The van der Waals surface area contributed by atoms with E-state index in [0.717, 1.165) is 11.4 Å². The molecule has 4 heteroatoms. The van der Waals surface area contributed by atoms with Crippen molar-refractivity contribution >= 4 is 5.91 Å². The van der Waals surface area contributed by atoms with Crippen molar-refractivity contribution in [2.24, 2.45) is 0 Å². The fourth-order valence-corrected chi connectivity index (χ4v) is 2.12. The number of aromatic nitrogens is 2. The lowest BCUT2D eigenvalue weighted by atomic mass is 10.0. The molecule has 0 aliphatic heterocycles. The van der Waals surface area contributed by atoms with Crippen molar-refractivity contribution in [1.29, 1.82) is 0 Å². The monoisotopic (exact) mass is 257 g/mol. The zero-order valence-corrected chi connectivity index (χ0v) is 11.5. The van der Waals surface area contributed by atoms with E-state index < -0.39 is 0 Å². The highest BCUT2D eigenvalue weighted by Gasteiger charge is 2.15. The average Bonchev–Trinajstić information content (AvgIpc) is 2.76. The number of aromatic amines is 1. The van der Waals surface area contributed by atoms with Gasteiger partial charge in [0.05, 0.1) is 11.3 Å². The first kappa shape index (κ1) is 13.3. The molecule has 0 radical (unpaired) electrons. The third-order valence-corrected chi connectivity index (χ3v) is 3.29. The third kappa shape index (κ3) is 3.02. The molecule has 0 spiro atoms. The smallest absolute Gasteiger partial charge is 0.255 e. The third-order valence-electron chi connectivity index (χ3n) is 3.29. The molecule has 0 saturated carbocycles. The number of rotatable bonds is 4. The summed E-state index contributed by atoms with van der Waals surface area (Å²) in [4.78, 5) is 12.1. The van der Waals surface area contributed by atoms with Crippen molar-refractivity contribution in [3.63, 3.8) is 0 Å². The number of H-pyrrole nitrogens is 1. The number of aryl methyl sites for hydroxylation is 2. The van der Waals surface area contributed by atoms with Gasteiger partial charge in [0.2, 0.25) is 0 Å². The first-order valence-corrected chi connectivity index (χ1v) is 6.44. The molecule has 1 atom stereocenters. The number of amides is 1. The summed E-state index contributed by atoms with van der Waals surface area (Å²) in [5.41, 5.74) is 3.42. The molecule has 100 valence electrons. The fraction of sp³-hybridized carbons (Fsp3) is 0.333. The Morgan fingerprint density at radius 3 is 2.58 bits per heavy atom. The van der Waals surface area contributed by atoms with Gasteiger partial charge in [-0.1, -0.05) is 37.3 Å². The van der Waals surface area contributed by atoms with Crippen LogP contribution in [-0.2, 0) is 0 Å². The summed E-state index contributed by atoms with van der Waals surface area (Å²) < 4.78 is 0. The van der Waals surface area contributed by atoms with Gasteiger partial charge in [0.1, 0.15) is 0 Å². The summed E-state index contributed by atoms with van der Waals surface area (Å²) in [6.07, 6.45) is 0. The molecule has 2 N–H and O–H groups in total. The Kier molecular flexibility index (Phi) is 4.00. The van der Waals surface area contributed by atoms with Crippen molar-refractivity contribution in [1.82, 2.24) is 15.5 Å². The van der Waals surface area contributed by atoms with Gasteiger partial charge in [0.25, 0.3) is 5.91 Å². The van der Waals surface area contributed by atoms with E-state index in [2.05, 4.69) is 34.6 Å². The molecule has 2 aromatic rings. The van der Waals surface area contributed by atoms with Gasteiger partial charge in [-0.2, -0.15) is 5.10 Å². The first-order chi connectivity index (χ1) is 9.09. The van der Waals surface area contributed by atoms with E-state index in [0.29, 0.717) is 12.1 Å². The Labute approximate surface area is 113 Å². The van der Waals surface area contributed by atoms with Gasteiger partial charge in [-0.15, -0.1) is 0 Å².